The molecule has 1 aromatic carbocycles. The lowest BCUT2D eigenvalue weighted by Crippen LogP contribution is -2.17. The van der Waals surface area contributed by atoms with Crippen LogP contribution in [0.4, 0.5) is 4.39 Å². The number of halogens is 1. The number of methoxy groups -OCH3 is 1. The minimum absolute atomic E-state index is 0.298. The SMILES string of the molecule is COc1ccc(F)c(C=C2SC(=S)NC2=O)c1. The Balaban J connectivity index is 2.38. The number of thiocarbonyl (C=S) groups is 1. The molecule has 1 saturated heterocycles. The Bertz CT molecular complexity index is 528. The molecule has 0 radical (unpaired) electrons. The Morgan fingerprint density at radius 1 is 1.53 bits per heavy atom. The van der Waals surface area contributed by atoms with Crippen molar-refractivity contribution in [3.63, 3.8) is 0 Å². The molecular weight excluding hydrogens is 261 g/mol. The first-order valence-corrected chi connectivity index (χ1v) is 5.91. The van der Waals surface area contributed by atoms with Gasteiger partial charge < -0.3 is 10.1 Å². The molecule has 0 spiro atoms. The van der Waals surface area contributed by atoms with Crippen molar-refractivity contribution in [1.82, 2.24) is 5.32 Å². The zero-order valence-electron chi connectivity index (χ0n) is 8.82. The standard InChI is InChI=1S/C11H8FNO2S2/c1-15-7-2-3-8(12)6(4-7)5-9-10(14)13-11(16)17-9/h2-5H,1H3,(H,13,14,16). The fourth-order valence-corrected chi connectivity index (χ4v) is 2.36. The lowest BCUT2D eigenvalue weighted by Gasteiger charge is -2.02. The highest BCUT2D eigenvalue weighted by Gasteiger charge is 2.22. The van der Waals surface area contributed by atoms with Gasteiger partial charge in [0.05, 0.1) is 12.0 Å². The number of hydrogen-bond acceptors (Lipinski definition) is 4. The third-order valence-electron chi connectivity index (χ3n) is 2.13. The van der Waals surface area contributed by atoms with E-state index in [-0.39, 0.29) is 5.91 Å². The topological polar surface area (TPSA) is 38.3 Å². The van der Waals surface area contributed by atoms with Gasteiger partial charge in [0, 0.05) is 5.56 Å². The molecule has 1 aromatic rings. The van der Waals surface area contributed by atoms with E-state index in [1.807, 2.05) is 0 Å². The predicted octanol–water partition coefficient (Wildman–Crippen LogP) is 2.32. The summed E-state index contributed by atoms with van der Waals surface area (Å²) in [5, 5.41) is 2.47. The van der Waals surface area contributed by atoms with Crippen molar-refractivity contribution in [2.24, 2.45) is 0 Å². The van der Waals surface area contributed by atoms with Crippen molar-refractivity contribution in [2.45, 2.75) is 0 Å². The van der Waals surface area contributed by atoms with E-state index in [2.05, 4.69) is 5.32 Å². The van der Waals surface area contributed by atoms with Crippen LogP contribution in [0.25, 0.3) is 6.08 Å². The van der Waals surface area contributed by atoms with Gasteiger partial charge in [-0.15, -0.1) is 0 Å². The maximum Gasteiger partial charge on any atom is 0.263 e. The molecule has 6 heteroatoms. The summed E-state index contributed by atoms with van der Waals surface area (Å²) in [6, 6.07) is 4.34. The van der Waals surface area contributed by atoms with E-state index in [9.17, 15) is 9.18 Å². The number of benzene rings is 1. The molecule has 0 aromatic heterocycles. The summed E-state index contributed by atoms with van der Waals surface area (Å²) in [5.41, 5.74) is 0.298. The minimum Gasteiger partial charge on any atom is -0.497 e. The van der Waals surface area contributed by atoms with Crippen molar-refractivity contribution in [1.29, 1.82) is 0 Å². The maximum absolute atomic E-state index is 13.5. The molecule has 0 aliphatic carbocycles. The smallest absolute Gasteiger partial charge is 0.263 e. The van der Waals surface area contributed by atoms with Crippen LogP contribution in [0.3, 0.4) is 0 Å². The zero-order valence-corrected chi connectivity index (χ0v) is 10.5. The Hall–Kier alpha value is -1.40. The summed E-state index contributed by atoms with van der Waals surface area (Å²) in [4.78, 5) is 11.8. The summed E-state index contributed by atoms with van der Waals surface area (Å²) in [6.07, 6.45) is 1.46. The number of amides is 1. The molecule has 1 heterocycles. The fourth-order valence-electron chi connectivity index (χ4n) is 1.32. The van der Waals surface area contributed by atoms with Gasteiger partial charge >= 0.3 is 0 Å². The van der Waals surface area contributed by atoms with Gasteiger partial charge in [0.25, 0.3) is 5.91 Å². The molecular formula is C11H8FNO2S2. The molecule has 1 fully saturated rings. The van der Waals surface area contributed by atoms with E-state index < -0.39 is 5.82 Å². The van der Waals surface area contributed by atoms with Gasteiger partial charge in [0.1, 0.15) is 15.9 Å². The van der Waals surface area contributed by atoms with E-state index >= 15 is 0 Å². The molecule has 17 heavy (non-hydrogen) atoms. The highest BCUT2D eigenvalue weighted by molar-refractivity contribution is 8.26. The van der Waals surface area contributed by atoms with Crippen molar-refractivity contribution >= 4 is 40.3 Å². The maximum atomic E-state index is 13.5. The van der Waals surface area contributed by atoms with Gasteiger partial charge in [-0.2, -0.15) is 0 Å². The van der Waals surface area contributed by atoms with Gasteiger partial charge in [-0.05, 0) is 24.3 Å². The third-order valence-corrected chi connectivity index (χ3v) is 3.29. The lowest BCUT2D eigenvalue weighted by molar-refractivity contribution is -0.115. The molecule has 88 valence electrons. The van der Waals surface area contributed by atoms with Crippen LogP contribution in [-0.4, -0.2) is 17.3 Å². The first-order valence-electron chi connectivity index (χ1n) is 4.68. The average molecular weight is 269 g/mol. The second-order valence-corrected chi connectivity index (χ2v) is 4.96. The number of rotatable bonds is 2. The molecule has 1 N–H and O–H groups in total. The van der Waals surface area contributed by atoms with E-state index in [0.29, 0.717) is 20.5 Å². The van der Waals surface area contributed by atoms with E-state index in [4.69, 9.17) is 17.0 Å². The molecule has 0 bridgehead atoms. The van der Waals surface area contributed by atoms with Gasteiger partial charge in [-0.1, -0.05) is 24.0 Å². The summed E-state index contributed by atoms with van der Waals surface area (Å²) < 4.78 is 18.9. The Labute approximate surface area is 107 Å². The average Bonchev–Trinajstić information content (AvgIpc) is 2.60. The number of nitrogens with one attached hydrogen (secondary N) is 1. The highest BCUT2D eigenvalue weighted by Crippen LogP contribution is 2.27. The normalized spacial score (nSPS) is 17.4. The summed E-state index contributed by atoms with van der Waals surface area (Å²) in [6.45, 7) is 0. The number of carbonyl (C=O) groups is 1. The molecule has 1 aliphatic heterocycles. The quantitative estimate of drug-likeness (QED) is 0.660. The first kappa shape index (κ1) is 12.1. The number of thioether (sulfide) groups is 1. The van der Waals surface area contributed by atoms with Gasteiger partial charge in [0.2, 0.25) is 0 Å². The second-order valence-electron chi connectivity index (χ2n) is 3.24. The molecule has 3 nitrogen and oxygen atoms in total. The molecule has 1 amide bonds. The molecule has 0 saturated carbocycles. The van der Waals surface area contributed by atoms with Crippen LogP contribution in [0, 0.1) is 5.82 Å². The molecule has 2 rings (SSSR count). The minimum atomic E-state index is -0.412. The third kappa shape index (κ3) is 2.65. The predicted molar refractivity (Wildman–Crippen MR) is 69.3 cm³/mol. The van der Waals surface area contributed by atoms with Crippen LogP contribution < -0.4 is 10.1 Å². The number of carbonyl (C=O) groups excluding carboxylic acids is 1. The lowest BCUT2D eigenvalue weighted by atomic mass is 10.2. The second kappa shape index (κ2) is 4.85. The van der Waals surface area contributed by atoms with Gasteiger partial charge in [0.15, 0.2) is 0 Å². The van der Waals surface area contributed by atoms with E-state index in [1.165, 1.54) is 31.4 Å². The largest absolute Gasteiger partial charge is 0.497 e. The molecule has 0 atom stereocenters. The summed E-state index contributed by atoms with van der Waals surface area (Å²) in [7, 11) is 1.50. The van der Waals surface area contributed by atoms with Crippen LogP contribution in [-0.2, 0) is 4.79 Å². The van der Waals surface area contributed by atoms with Crippen LogP contribution in [0.15, 0.2) is 23.1 Å². The number of hydrogen-bond donors (Lipinski definition) is 1. The van der Waals surface area contributed by atoms with Gasteiger partial charge in [-0.3, -0.25) is 4.79 Å². The van der Waals surface area contributed by atoms with E-state index in [1.54, 1.807) is 0 Å². The Kier molecular flexibility index (Phi) is 3.44. The molecule has 1 aliphatic rings. The summed E-state index contributed by atoms with van der Waals surface area (Å²) >= 11 is 5.96. The Morgan fingerprint density at radius 2 is 2.29 bits per heavy atom. The Morgan fingerprint density at radius 3 is 2.88 bits per heavy atom. The van der Waals surface area contributed by atoms with Crippen LogP contribution in [0.2, 0.25) is 0 Å². The molecule has 0 unspecified atom stereocenters. The number of ether oxygens (including phenoxy) is 1. The van der Waals surface area contributed by atoms with Crippen LogP contribution in [0.5, 0.6) is 5.75 Å². The summed E-state index contributed by atoms with van der Waals surface area (Å²) in [5.74, 6) is -0.184. The van der Waals surface area contributed by atoms with Crippen LogP contribution in [0.1, 0.15) is 5.56 Å². The van der Waals surface area contributed by atoms with Crippen LogP contribution >= 0.6 is 24.0 Å². The van der Waals surface area contributed by atoms with Crippen molar-refractivity contribution in [3.8, 4) is 5.75 Å². The highest BCUT2D eigenvalue weighted by atomic mass is 32.2. The van der Waals surface area contributed by atoms with Crippen molar-refractivity contribution < 1.29 is 13.9 Å². The van der Waals surface area contributed by atoms with Crippen molar-refractivity contribution in [3.05, 3.63) is 34.5 Å². The monoisotopic (exact) mass is 269 g/mol. The van der Waals surface area contributed by atoms with Gasteiger partial charge in [-0.25, -0.2) is 4.39 Å². The van der Waals surface area contributed by atoms with Crippen molar-refractivity contribution in [2.75, 3.05) is 7.11 Å². The first-order chi connectivity index (χ1) is 8.10. The zero-order chi connectivity index (χ0) is 12.4. The fraction of sp³-hybridized carbons (Fsp3) is 0.0909. The van der Waals surface area contributed by atoms with E-state index in [0.717, 1.165) is 11.8 Å².